The number of hydrogen-bond donors (Lipinski definition) is 1. The third-order valence-electron chi connectivity index (χ3n) is 7.89. The lowest BCUT2D eigenvalue weighted by Crippen LogP contribution is -2.41. The first kappa shape index (κ1) is 29.1. The van der Waals surface area contributed by atoms with Crippen LogP contribution in [0.15, 0.2) is 93.9 Å². The number of aromatic nitrogens is 1. The zero-order valence-corrected chi connectivity index (χ0v) is 25.7. The van der Waals surface area contributed by atoms with Gasteiger partial charge in [0.25, 0.3) is 17.4 Å². The van der Waals surface area contributed by atoms with Gasteiger partial charge in [0.2, 0.25) is 0 Å². The summed E-state index contributed by atoms with van der Waals surface area (Å²) in [6, 6.07) is 21.1. The number of methoxy groups -OCH3 is 2. The highest BCUT2D eigenvalue weighted by atomic mass is 32.1. The molecule has 2 amide bonds. The molecule has 0 saturated heterocycles. The van der Waals surface area contributed by atoms with Crippen molar-refractivity contribution in [3.63, 3.8) is 0 Å². The van der Waals surface area contributed by atoms with Crippen molar-refractivity contribution in [3.05, 3.63) is 115 Å². The normalized spacial score (nSPS) is 16.8. The van der Waals surface area contributed by atoms with E-state index in [0.717, 1.165) is 35.4 Å². The van der Waals surface area contributed by atoms with Crippen molar-refractivity contribution in [1.82, 2.24) is 4.57 Å². The monoisotopic (exact) mass is 608 g/mol. The molecule has 0 spiro atoms. The van der Waals surface area contributed by atoms with Crippen molar-refractivity contribution in [1.29, 1.82) is 0 Å². The van der Waals surface area contributed by atoms with Crippen molar-refractivity contribution in [2.24, 2.45) is 4.99 Å². The van der Waals surface area contributed by atoms with Gasteiger partial charge in [-0.1, -0.05) is 61.1 Å². The van der Waals surface area contributed by atoms with Gasteiger partial charge in [0.05, 0.1) is 36.8 Å². The van der Waals surface area contributed by atoms with Gasteiger partial charge in [-0.3, -0.25) is 19.0 Å². The van der Waals surface area contributed by atoms with Crippen LogP contribution in [-0.4, -0.2) is 37.1 Å². The SMILES string of the molecule is CCCCN1C(=O)/C(=c2/sc3n(c2=O)[C@H](c2ccc(OC)cc2OC)C(C(=O)Nc2ccccc2)=C(C)N=3)c2ccccc21. The number of benzene rings is 3. The van der Waals surface area contributed by atoms with E-state index in [1.165, 1.54) is 11.7 Å². The molecular formula is C34H32N4O5S. The Morgan fingerprint density at radius 1 is 1.00 bits per heavy atom. The summed E-state index contributed by atoms with van der Waals surface area (Å²) in [5.41, 5.74) is 3.42. The summed E-state index contributed by atoms with van der Waals surface area (Å²) in [4.78, 5) is 49.3. The summed E-state index contributed by atoms with van der Waals surface area (Å²) >= 11 is 1.16. The number of thiazole rings is 1. The number of anilines is 2. The topological polar surface area (TPSA) is 102 Å². The van der Waals surface area contributed by atoms with Gasteiger partial charge in [-0.05, 0) is 43.7 Å². The Morgan fingerprint density at radius 2 is 1.75 bits per heavy atom. The van der Waals surface area contributed by atoms with E-state index in [-0.39, 0.29) is 10.4 Å². The summed E-state index contributed by atoms with van der Waals surface area (Å²) in [6.45, 7) is 4.39. The molecule has 10 heteroatoms. The predicted octanol–water partition coefficient (Wildman–Crippen LogP) is 4.41. The quantitative estimate of drug-likeness (QED) is 0.320. The standard InChI is InChI=1S/C34H32N4O5S/c1-5-6-18-37-25-15-11-10-14-23(25)28(32(37)40)30-33(41)38-29(24-17-16-22(42-3)19-26(24)43-4)27(20(2)35-34(38)44-30)31(39)36-21-12-8-7-9-13-21/h7-17,19,29H,5-6,18H2,1-4H3,(H,36,39)/b30-28+/t29-/m1/s1. The second kappa shape index (κ2) is 12.0. The molecule has 44 heavy (non-hydrogen) atoms. The van der Waals surface area contributed by atoms with Crippen LogP contribution in [0.1, 0.15) is 43.9 Å². The first-order valence-corrected chi connectivity index (χ1v) is 15.2. The number of rotatable bonds is 8. The van der Waals surface area contributed by atoms with Gasteiger partial charge in [-0.25, -0.2) is 4.99 Å². The molecule has 224 valence electrons. The molecule has 4 aromatic rings. The minimum absolute atomic E-state index is 0.207. The zero-order chi connectivity index (χ0) is 31.0. The molecular weight excluding hydrogens is 576 g/mol. The summed E-state index contributed by atoms with van der Waals surface area (Å²) in [5.74, 6) is 0.407. The smallest absolute Gasteiger partial charge is 0.271 e. The number of carbonyl (C=O) groups excluding carboxylic acids is 2. The van der Waals surface area contributed by atoms with Crippen LogP contribution in [0.25, 0.3) is 5.57 Å². The van der Waals surface area contributed by atoms with Gasteiger partial charge in [0.1, 0.15) is 22.1 Å². The van der Waals surface area contributed by atoms with Crippen molar-refractivity contribution in [2.45, 2.75) is 32.7 Å². The Bertz CT molecular complexity index is 1990. The first-order chi connectivity index (χ1) is 21.4. The number of nitrogens with one attached hydrogen (secondary N) is 1. The molecule has 3 heterocycles. The van der Waals surface area contributed by atoms with Gasteiger partial charge < -0.3 is 19.7 Å². The van der Waals surface area contributed by atoms with Crippen LogP contribution in [0.3, 0.4) is 0 Å². The van der Waals surface area contributed by atoms with Crippen LogP contribution in [0.2, 0.25) is 0 Å². The van der Waals surface area contributed by atoms with Gasteiger partial charge in [0, 0.05) is 29.4 Å². The van der Waals surface area contributed by atoms with Crippen LogP contribution in [0.4, 0.5) is 11.4 Å². The molecule has 0 bridgehead atoms. The maximum atomic E-state index is 14.5. The van der Waals surface area contributed by atoms with Gasteiger partial charge >= 0.3 is 0 Å². The maximum absolute atomic E-state index is 14.5. The zero-order valence-electron chi connectivity index (χ0n) is 24.9. The Kier molecular flexibility index (Phi) is 7.92. The van der Waals surface area contributed by atoms with Gasteiger partial charge in [-0.15, -0.1) is 0 Å². The van der Waals surface area contributed by atoms with E-state index in [9.17, 15) is 14.4 Å². The Balaban J connectivity index is 1.60. The fourth-order valence-electron chi connectivity index (χ4n) is 5.76. The molecule has 6 rings (SSSR count). The van der Waals surface area contributed by atoms with Crippen molar-refractivity contribution >= 4 is 40.1 Å². The molecule has 0 radical (unpaired) electrons. The van der Waals surface area contributed by atoms with Crippen molar-refractivity contribution in [2.75, 3.05) is 31.0 Å². The number of hydrogen-bond acceptors (Lipinski definition) is 7. The fourth-order valence-corrected chi connectivity index (χ4v) is 6.90. The third-order valence-corrected chi connectivity index (χ3v) is 8.95. The third kappa shape index (κ3) is 4.90. The molecule has 0 fully saturated rings. The molecule has 3 aromatic carbocycles. The van der Waals surface area contributed by atoms with Crippen LogP contribution in [-0.2, 0) is 9.59 Å². The molecule has 1 aromatic heterocycles. The average molecular weight is 609 g/mol. The summed E-state index contributed by atoms with van der Waals surface area (Å²) in [7, 11) is 3.09. The van der Waals surface area contributed by atoms with E-state index in [1.807, 2.05) is 42.5 Å². The lowest BCUT2D eigenvalue weighted by Gasteiger charge is -2.26. The highest BCUT2D eigenvalue weighted by molar-refractivity contribution is 7.07. The number of ether oxygens (including phenoxy) is 2. The van der Waals surface area contributed by atoms with Crippen LogP contribution in [0, 0.1) is 0 Å². The molecule has 1 atom stereocenters. The van der Waals surface area contributed by atoms with E-state index in [0.29, 0.717) is 50.9 Å². The summed E-state index contributed by atoms with van der Waals surface area (Å²) < 4.78 is 13.0. The fraction of sp³-hybridized carbons (Fsp3) is 0.235. The highest BCUT2D eigenvalue weighted by Crippen LogP contribution is 2.38. The molecule has 0 unspecified atom stereocenters. The lowest BCUT2D eigenvalue weighted by atomic mass is 9.94. The number of allylic oxidation sites excluding steroid dienone is 1. The molecule has 0 saturated carbocycles. The average Bonchev–Trinajstić information content (AvgIpc) is 3.50. The van der Waals surface area contributed by atoms with Crippen LogP contribution < -0.4 is 34.6 Å². The Morgan fingerprint density at radius 3 is 2.48 bits per heavy atom. The minimum Gasteiger partial charge on any atom is -0.497 e. The summed E-state index contributed by atoms with van der Waals surface area (Å²) in [5, 5.41) is 2.96. The van der Waals surface area contributed by atoms with Crippen molar-refractivity contribution < 1.29 is 19.1 Å². The molecule has 9 nitrogen and oxygen atoms in total. The largest absolute Gasteiger partial charge is 0.497 e. The first-order valence-electron chi connectivity index (χ1n) is 14.4. The number of nitrogens with zero attached hydrogens (tertiary/aromatic N) is 3. The number of unbranched alkanes of at least 4 members (excludes halogenated alkanes) is 1. The predicted molar refractivity (Wildman–Crippen MR) is 171 cm³/mol. The number of amides is 2. The second-order valence-electron chi connectivity index (χ2n) is 10.5. The number of carbonyl (C=O) groups is 2. The summed E-state index contributed by atoms with van der Waals surface area (Å²) in [6.07, 6.45) is 1.77. The highest BCUT2D eigenvalue weighted by Gasteiger charge is 2.37. The molecule has 0 aliphatic carbocycles. The minimum atomic E-state index is -0.881. The molecule has 2 aliphatic rings. The van der Waals surface area contributed by atoms with E-state index in [4.69, 9.17) is 14.5 Å². The van der Waals surface area contributed by atoms with Crippen molar-refractivity contribution in [3.8, 4) is 11.5 Å². The van der Waals surface area contributed by atoms with Crippen LogP contribution >= 0.6 is 11.3 Å². The maximum Gasteiger partial charge on any atom is 0.271 e. The molecule has 1 N–H and O–H groups in total. The van der Waals surface area contributed by atoms with Gasteiger partial charge in [-0.2, -0.15) is 0 Å². The molecule has 2 aliphatic heterocycles. The number of fused-ring (bicyclic) bond motifs is 2. The van der Waals surface area contributed by atoms with E-state index < -0.39 is 17.5 Å². The van der Waals surface area contributed by atoms with E-state index >= 15 is 0 Å². The second-order valence-corrected chi connectivity index (χ2v) is 11.5. The van der Waals surface area contributed by atoms with E-state index in [2.05, 4.69) is 12.2 Å². The van der Waals surface area contributed by atoms with Crippen LogP contribution in [0.5, 0.6) is 11.5 Å². The van der Waals surface area contributed by atoms with E-state index in [1.54, 1.807) is 49.3 Å². The lowest BCUT2D eigenvalue weighted by molar-refractivity contribution is -0.114. The Labute approximate surface area is 258 Å². The van der Waals surface area contributed by atoms with Gasteiger partial charge in [0.15, 0.2) is 4.80 Å². The number of para-hydroxylation sites is 2. The Hall–Kier alpha value is -4.96.